The van der Waals surface area contributed by atoms with Crippen molar-refractivity contribution in [2.24, 2.45) is 0 Å². The van der Waals surface area contributed by atoms with Gasteiger partial charge in [0.05, 0.1) is 18.0 Å². The Labute approximate surface area is 202 Å². The lowest BCUT2D eigenvalue weighted by Gasteiger charge is -2.11. The smallest absolute Gasteiger partial charge is 0.251 e. The van der Waals surface area contributed by atoms with Crippen LogP contribution in [0.1, 0.15) is 16.2 Å². The molecule has 0 bridgehead atoms. The Morgan fingerprint density at radius 1 is 0.886 bits per heavy atom. The number of aromatic nitrogens is 3. The largest absolute Gasteiger partial charge is 0.345 e. The number of nitrogens with zero attached hydrogens (tertiary/aromatic N) is 3. The van der Waals surface area contributed by atoms with Crippen LogP contribution in [-0.4, -0.2) is 32.3 Å². The SMILES string of the molecule is O=C(CSc1nnc(CNC(=O)c2cccc(F)c2)n1-c1ccc(F)cc1)Nc1ccccc1F. The standard InChI is InChI=1S/C24H18F3N5O2S/c25-16-8-10-18(11-9-16)32-21(13-28-23(34)15-4-3-5-17(26)12-15)30-31-24(32)35-14-22(33)29-20-7-2-1-6-19(20)27/h1-12H,13-14H2,(H,28,34)(H,29,33). The van der Waals surface area contributed by atoms with Crippen LogP contribution in [-0.2, 0) is 11.3 Å². The van der Waals surface area contributed by atoms with E-state index in [0.29, 0.717) is 16.7 Å². The number of amides is 2. The molecule has 0 unspecified atom stereocenters. The van der Waals surface area contributed by atoms with E-state index in [1.54, 1.807) is 10.6 Å². The Bertz CT molecular complexity index is 1360. The second-order valence-electron chi connectivity index (χ2n) is 7.22. The number of carbonyl (C=O) groups excluding carboxylic acids is 2. The number of hydrogen-bond acceptors (Lipinski definition) is 5. The molecular formula is C24H18F3N5O2S. The Morgan fingerprint density at radius 2 is 1.66 bits per heavy atom. The van der Waals surface area contributed by atoms with Crippen molar-refractivity contribution in [3.05, 3.63) is 102 Å². The Kier molecular flexibility index (Phi) is 7.46. The van der Waals surface area contributed by atoms with E-state index in [2.05, 4.69) is 20.8 Å². The van der Waals surface area contributed by atoms with Gasteiger partial charge in [0.2, 0.25) is 5.91 Å². The zero-order valence-corrected chi connectivity index (χ0v) is 18.9. The summed E-state index contributed by atoms with van der Waals surface area (Å²) in [4.78, 5) is 24.8. The van der Waals surface area contributed by atoms with Crippen LogP contribution < -0.4 is 10.6 Å². The molecule has 4 aromatic rings. The quantitative estimate of drug-likeness (QED) is 0.354. The van der Waals surface area contributed by atoms with Gasteiger partial charge >= 0.3 is 0 Å². The highest BCUT2D eigenvalue weighted by molar-refractivity contribution is 7.99. The van der Waals surface area contributed by atoms with E-state index in [9.17, 15) is 22.8 Å². The average Bonchev–Trinajstić information content (AvgIpc) is 3.26. The van der Waals surface area contributed by atoms with Gasteiger partial charge in [-0.2, -0.15) is 0 Å². The van der Waals surface area contributed by atoms with Crippen LogP contribution in [0.3, 0.4) is 0 Å². The molecule has 0 aliphatic heterocycles. The highest BCUT2D eigenvalue weighted by atomic mass is 32.2. The molecule has 0 spiro atoms. The van der Waals surface area contributed by atoms with E-state index < -0.39 is 29.3 Å². The molecule has 11 heteroatoms. The maximum atomic E-state index is 13.8. The number of nitrogens with one attached hydrogen (secondary N) is 2. The number of carbonyl (C=O) groups is 2. The van der Waals surface area contributed by atoms with Gasteiger partial charge in [0.1, 0.15) is 17.5 Å². The third-order valence-electron chi connectivity index (χ3n) is 4.76. The second-order valence-corrected chi connectivity index (χ2v) is 8.16. The van der Waals surface area contributed by atoms with Crippen LogP contribution in [0.2, 0.25) is 0 Å². The number of anilines is 1. The minimum atomic E-state index is -0.559. The van der Waals surface area contributed by atoms with Gasteiger partial charge in [-0.05, 0) is 54.6 Å². The van der Waals surface area contributed by atoms with E-state index in [1.165, 1.54) is 60.7 Å². The van der Waals surface area contributed by atoms with Gasteiger partial charge in [-0.1, -0.05) is 30.0 Å². The summed E-state index contributed by atoms with van der Waals surface area (Å²) in [6, 6.07) is 16.5. The first kappa shape index (κ1) is 24.0. The number of halogens is 3. The Hall–Kier alpha value is -4.12. The third kappa shape index (κ3) is 6.07. The Balaban J connectivity index is 1.51. The van der Waals surface area contributed by atoms with E-state index >= 15 is 0 Å². The highest BCUT2D eigenvalue weighted by Crippen LogP contribution is 2.23. The zero-order valence-electron chi connectivity index (χ0n) is 18.0. The van der Waals surface area contributed by atoms with Crippen LogP contribution in [0.25, 0.3) is 5.69 Å². The van der Waals surface area contributed by atoms with Gasteiger partial charge in [-0.25, -0.2) is 13.2 Å². The van der Waals surface area contributed by atoms with Crippen molar-refractivity contribution in [2.75, 3.05) is 11.1 Å². The van der Waals surface area contributed by atoms with E-state index in [0.717, 1.165) is 17.8 Å². The molecule has 2 N–H and O–H groups in total. The minimum absolute atomic E-state index is 0.0545. The predicted molar refractivity (Wildman–Crippen MR) is 125 cm³/mol. The van der Waals surface area contributed by atoms with Crippen LogP contribution in [0, 0.1) is 17.5 Å². The van der Waals surface area contributed by atoms with Gasteiger partial charge in [-0.3, -0.25) is 14.2 Å². The molecule has 4 rings (SSSR count). The lowest BCUT2D eigenvalue weighted by atomic mass is 10.2. The second kappa shape index (κ2) is 10.9. The van der Waals surface area contributed by atoms with Crippen molar-refractivity contribution in [3.63, 3.8) is 0 Å². The lowest BCUT2D eigenvalue weighted by Crippen LogP contribution is -2.24. The number of thioether (sulfide) groups is 1. The molecule has 0 aliphatic rings. The molecule has 7 nitrogen and oxygen atoms in total. The Morgan fingerprint density at radius 3 is 2.40 bits per heavy atom. The van der Waals surface area contributed by atoms with E-state index in [-0.39, 0.29) is 23.5 Å². The summed E-state index contributed by atoms with van der Waals surface area (Å²) in [5.41, 5.74) is 0.694. The summed E-state index contributed by atoms with van der Waals surface area (Å²) in [6.45, 7) is -0.0678. The average molecular weight is 498 g/mol. The first-order chi connectivity index (χ1) is 16.9. The van der Waals surface area contributed by atoms with Crippen LogP contribution in [0.15, 0.2) is 78.0 Å². The van der Waals surface area contributed by atoms with Gasteiger partial charge in [-0.15, -0.1) is 10.2 Å². The number of benzene rings is 3. The highest BCUT2D eigenvalue weighted by Gasteiger charge is 2.18. The predicted octanol–water partition coefficient (Wildman–Crippen LogP) is 4.35. The van der Waals surface area contributed by atoms with Crippen LogP contribution in [0.5, 0.6) is 0 Å². The number of rotatable bonds is 8. The summed E-state index contributed by atoms with van der Waals surface area (Å²) in [6.07, 6.45) is 0. The van der Waals surface area contributed by atoms with Crippen molar-refractivity contribution in [3.8, 4) is 5.69 Å². The first-order valence-corrected chi connectivity index (χ1v) is 11.3. The minimum Gasteiger partial charge on any atom is -0.345 e. The van der Waals surface area contributed by atoms with Crippen LogP contribution in [0.4, 0.5) is 18.9 Å². The topological polar surface area (TPSA) is 88.9 Å². The van der Waals surface area contributed by atoms with Crippen molar-refractivity contribution in [2.45, 2.75) is 11.7 Å². The van der Waals surface area contributed by atoms with Gasteiger partial charge in [0, 0.05) is 11.3 Å². The first-order valence-electron chi connectivity index (χ1n) is 10.3. The van der Waals surface area contributed by atoms with E-state index in [1.807, 2.05) is 0 Å². The molecule has 2 amide bonds. The van der Waals surface area contributed by atoms with E-state index in [4.69, 9.17) is 0 Å². The van der Waals surface area contributed by atoms with Gasteiger partial charge in [0.15, 0.2) is 11.0 Å². The maximum absolute atomic E-state index is 13.8. The monoisotopic (exact) mass is 497 g/mol. The lowest BCUT2D eigenvalue weighted by molar-refractivity contribution is -0.113. The van der Waals surface area contributed by atoms with Crippen molar-refractivity contribution < 1.29 is 22.8 Å². The summed E-state index contributed by atoms with van der Waals surface area (Å²) in [5, 5.41) is 13.6. The van der Waals surface area contributed by atoms with Crippen LogP contribution >= 0.6 is 11.8 Å². The fourth-order valence-electron chi connectivity index (χ4n) is 3.13. The van der Waals surface area contributed by atoms with Gasteiger partial charge < -0.3 is 10.6 Å². The molecule has 0 saturated heterocycles. The molecule has 0 atom stereocenters. The fraction of sp³-hybridized carbons (Fsp3) is 0.0833. The normalized spacial score (nSPS) is 10.7. The summed E-state index contributed by atoms with van der Waals surface area (Å²) in [5.74, 6) is -2.33. The molecule has 3 aromatic carbocycles. The fourth-order valence-corrected chi connectivity index (χ4v) is 3.90. The maximum Gasteiger partial charge on any atom is 0.251 e. The summed E-state index contributed by atoms with van der Waals surface area (Å²) < 4.78 is 42.3. The number of para-hydroxylation sites is 1. The molecule has 1 aromatic heterocycles. The molecule has 35 heavy (non-hydrogen) atoms. The summed E-state index contributed by atoms with van der Waals surface area (Å²) in [7, 11) is 0. The van der Waals surface area contributed by atoms with Gasteiger partial charge in [0.25, 0.3) is 5.91 Å². The van der Waals surface area contributed by atoms with Crippen molar-refractivity contribution in [1.29, 1.82) is 0 Å². The molecule has 0 saturated carbocycles. The zero-order chi connectivity index (χ0) is 24.8. The third-order valence-corrected chi connectivity index (χ3v) is 5.69. The summed E-state index contributed by atoms with van der Waals surface area (Å²) >= 11 is 1.03. The molecule has 178 valence electrons. The number of hydrogen-bond donors (Lipinski definition) is 2. The van der Waals surface area contributed by atoms with Crippen molar-refractivity contribution in [1.82, 2.24) is 20.1 Å². The molecule has 0 aliphatic carbocycles. The molecular weight excluding hydrogens is 479 g/mol. The van der Waals surface area contributed by atoms with Crippen molar-refractivity contribution >= 4 is 29.3 Å². The molecule has 1 heterocycles. The molecule has 0 fully saturated rings. The molecule has 0 radical (unpaired) electrons.